The molecule has 0 saturated heterocycles. The molecule has 0 saturated carbocycles. The molecule has 0 aliphatic carbocycles. The van der Waals surface area contributed by atoms with E-state index in [0.717, 1.165) is 11.3 Å². The Labute approximate surface area is 93.9 Å². The van der Waals surface area contributed by atoms with Gasteiger partial charge in [-0.05, 0) is 19.2 Å². The number of halogens is 1. The number of rotatable bonds is 3. The summed E-state index contributed by atoms with van der Waals surface area (Å²) in [6, 6.07) is 7.06. The summed E-state index contributed by atoms with van der Waals surface area (Å²) in [5.74, 6) is -0.197. The van der Waals surface area contributed by atoms with E-state index in [-0.39, 0.29) is 5.82 Å². The van der Waals surface area contributed by atoms with Crippen LogP contribution in [-0.4, -0.2) is 16.8 Å². The molecule has 16 heavy (non-hydrogen) atoms. The van der Waals surface area contributed by atoms with Gasteiger partial charge in [-0.15, -0.1) is 0 Å². The van der Waals surface area contributed by atoms with Crippen molar-refractivity contribution in [2.75, 3.05) is 7.05 Å². The summed E-state index contributed by atoms with van der Waals surface area (Å²) >= 11 is 0. The van der Waals surface area contributed by atoms with E-state index >= 15 is 0 Å². The predicted octanol–water partition coefficient (Wildman–Crippen LogP) is 1.95. The molecule has 2 aromatic rings. The van der Waals surface area contributed by atoms with Crippen molar-refractivity contribution in [1.29, 1.82) is 0 Å². The quantitative estimate of drug-likeness (QED) is 0.855. The number of hydrogen-bond donors (Lipinski definition) is 1. The number of hydrogen-bond acceptors (Lipinski definition) is 2. The van der Waals surface area contributed by atoms with Gasteiger partial charge >= 0.3 is 0 Å². The summed E-state index contributed by atoms with van der Waals surface area (Å²) in [4.78, 5) is 0. The first kappa shape index (κ1) is 10.8. The molecule has 0 bridgehead atoms. The molecule has 0 fully saturated rings. The van der Waals surface area contributed by atoms with Crippen LogP contribution in [0, 0.1) is 5.82 Å². The van der Waals surface area contributed by atoms with E-state index in [0.29, 0.717) is 12.1 Å². The van der Waals surface area contributed by atoms with Crippen molar-refractivity contribution < 1.29 is 4.39 Å². The second-order valence-electron chi connectivity index (χ2n) is 3.71. The smallest absolute Gasteiger partial charge is 0.128 e. The first-order valence-corrected chi connectivity index (χ1v) is 5.14. The number of aromatic nitrogens is 2. The standard InChI is InChI=1S/C12H14FN3/c1-14-8-10-4-3-9(7-11(10)13)12-5-6-16(2)15-12/h3-7,14H,8H2,1-2H3. The highest BCUT2D eigenvalue weighted by molar-refractivity contribution is 5.59. The number of aryl methyl sites for hydroxylation is 1. The molecule has 1 heterocycles. The zero-order valence-electron chi connectivity index (χ0n) is 9.37. The molecule has 0 spiro atoms. The third kappa shape index (κ3) is 2.12. The van der Waals surface area contributed by atoms with E-state index in [9.17, 15) is 4.39 Å². The van der Waals surface area contributed by atoms with Crippen LogP contribution in [0.15, 0.2) is 30.5 Å². The first-order chi connectivity index (χ1) is 7.70. The minimum Gasteiger partial charge on any atom is -0.316 e. The Kier molecular flexibility index (Phi) is 3.01. The lowest BCUT2D eigenvalue weighted by Crippen LogP contribution is -2.06. The monoisotopic (exact) mass is 219 g/mol. The Hall–Kier alpha value is -1.68. The van der Waals surface area contributed by atoms with Crippen molar-refractivity contribution in [2.24, 2.45) is 7.05 Å². The Balaban J connectivity index is 2.34. The highest BCUT2D eigenvalue weighted by Crippen LogP contribution is 2.19. The summed E-state index contributed by atoms with van der Waals surface area (Å²) in [5, 5.41) is 7.16. The molecule has 0 aliphatic heterocycles. The van der Waals surface area contributed by atoms with Crippen LogP contribution in [0.2, 0.25) is 0 Å². The SMILES string of the molecule is CNCc1ccc(-c2ccn(C)n2)cc1F. The first-order valence-electron chi connectivity index (χ1n) is 5.14. The molecule has 0 amide bonds. The second-order valence-corrected chi connectivity index (χ2v) is 3.71. The predicted molar refractivity (Wildman–Crippen MR) is 61.4 cm³/mol. The fraction of sp³-hybridized carbons (Fsp3) is 0.250. The van der Waals surface area contributed by atoms with E-state index < -0.39 is 0 Å². The van der Waals surface area contributed by atoms with E-state index in [1.807, 2.05) is 25.4 Å². The van der Waals surface area contributed by atoms with Gasteiger partial charge in [0, 0.05) is 30.9 Å². The average molecular weight is 219 g/mol. The molecule has 3 nitrogen and oxygen atoms in total. The van der Waals surface area contributed by atoms with Crippen molar-refractivity contribution in [2.45, 2.75) is 6.54 Å². The van der Waals surface area contributed by atoms with Gasteiger partial charge in [0.25, 0.3) is 0 Å². The number of nitrogens with one attached hydrogen (secondary N) is 1. The minimum absolute atomic E-state index is 0.197. The van der Waals surface area contributed by atoms with Crippen molar-refractivity contribution >= 4 is 0 Å². The van der Waals surface area contributed by atoms with Crippen molar-refractivity contribution in [3.63, 3.8) is 0 Å². The molecule has 4 heteroatoms. The lowest BCUT2D eigenvalue weighted by Gasteiger charge is -2.04. The number of benzene rings is 1. The highest BCUT2D eigenvalue weighted by atomic mass is 19.1. The van der Waals surface area contributed by atoms with Crippen LogP contribution in [0.1, 0.15) is 5.56 Å². The molecule has 0 unspecified atom stereocenters. The van der Waals surface area contributed by atoms with Crippen LogP contribution in [0.3, 0.4) is 0 Å². The summed E-state index contributed by atoms with van der Waals surface area (Å²) in [5.41, 5.74) is 2.26. The molecule has 0 aliphatic rings. The fourth-order valence-corrected chi connectivity index (χ4v) is 1.61. The maximum Gasteiger partial charge on any atom is 0.128 e. The lowest BCUT2D eigenvalue weighted by atomic mass is 10.1. The van der Waals surface area contributed by atoms with Crippen molar-refractivity contribution in [3.8, 4) is 11.3 Å². The summed E-state index contributed by atoms with van der Waals surface area (Å²) in [6.45, 7) is 0.536. The van der Waals surface area contributed by atoms with Crippen LogP contribution in [-0.2, 0) is 13.6 Å². The largest absolute Gasteiger partial charge is 0.316 e. The van der Waals surface area contributed by atoms with E-state index in [4.69, 9.17) is 0 Å². The van der Waals surface area contributed by atoms with Gasteiger partial charge in [0.2, 0.25) is 0 Å². The highest BCUT2D eigenvalue weighted by Gasteiger charge is 2.06. The van der Waals surface area contributed by atoms with E-state index in [1.54, 1.807) is 17.8 Å². The third-order valence-corrected chi connectivity index (χ3v) is 2.43. The molecule has 1 aromatic heterocycles. The third-order valence-electron chi connectivity index (χ3n) is 2.43. The average Bonchev–Trinajstić information content (AvgIpc) is 2.68. The number of nitrogens with zero attached hydrogens (tertiary/aromatic N) is 2. The van der Waals surface area contributed by atoms with E-state index in [1.165, 1.54) is 6.07 Å². The summed E-state index contributed by atoms with van der Waals surface area (Å²) < 4.78 is 15.4. The van der Waals surface area contributed by atoms with Crippen LogP contribution in [0.5, 0.6) is 0 Å². The van der Waals surface area contributed by atoms with Gasteiger partial charge < -0.3 is 5.32 Å². The minimum atomic E-state index is -0.197. The van der Waals surface area contributed by atoms with Crippen LogP contribution >= 0.6 is 0 Å². The lowest BCUT2D eigenvalue weighted by molar-refractivity contribution is 0.601. The topological polar surface area (TPSA) is 29.9 Å². The molecule has 0 atom stereocenters. The second kappa shape index (κ2) is 4.45. The zero-order valence-corrected chi connectivity index (χ0v) is 9.37. The molecule has 2 rings (SSSR count). The molecular weight excluding hydrogens is 205 g/mol. The van der Waals surface area contributed by atoms with Gasteiger partial charge in [-0.3, -0.25) is 4.68 Å². The van der Waals surface area contributed by atoms with Gasteiger partial charge in [-0.1, -0.05) is 12.1 Å². The Morgan fingerprint density at radius 1 is 1.38 bits per heavy atom. The molecule has 1 aromatic carbocycles. The van der Waals surface area contributed by atoms with Crippen LogP contribution < -0.4 is 5.32 Å². The van der Waals surface area contributed by atoms with Crippen LogP contribution in [0.25, 0.3) is 11.3 Å². The molecular formula is C12H14FN3. The van der Waals surface area contributed by atoms with Gasteiger partial charge in [0.05, 0.1) is 5.69 Å². The van der Waals surface area contributed by atoms with Gasteiger partial charge in [0.1, 0.15) is 5.82 Å². The molecule has 0 radical (unpaired) electrons. The maximum absolute atomic E-state index is 13.7. The normalized spacial score (nSPS) is 10.7. The van der Waals surface area contributed by atoms with Crippen LogP contribution in [0.4, 0.5) is 4.39 Å². The molecule has 84 valence electrons. The maximum atomic E-state index is 13.7. The summed E-state index contributed by atoms with van der Waals surface area (Å²) in [6.07, 6.45) is 1.84. The Bertz CT molecular complexity index is 491. The fourth-order valence-electron chi connectivity index (χ4n) is 1.61. The van der Waals surface area contributed by atoms with E-state index in [2.05, 4.69) is 10.4 Å². The van der Waals surface area contributed by atoms with Gasteiger partial charge in [-0.25, -0.2) is 4.39 Å². The van der Waals surface area contributed by atoms with Crippen molar-refractivity contribution in [1.82, 2.24) is 15.1 Å². The van der Waals surface area contributed by atoms with Gasteiger partial charge in [-0.2, -0.15) is 5.10 Å². The zero-order chi connectivity index (χ0) is 11.5. The Morgan fingerprint density at radius 3 is 2.75 bits per heavy atom. The van der Waals surface area contributed by atoms with Gasteiger partial charge in [0.15, 0.2) is 0 Å². The Morgan fingerprint density at radius 2 is 2.19 bits per heavy atom. The summed E-state index contributed by atoms with van der Waals surface area (Å²) in [7, 11) is 3.64. The van der Waals surface area contributed by atoms with Crippen molar-refractivity contribution in [3.05, 3.63) is 41.8 Å². The molecule has 1 N–H and O–H groups in total.